The van der Waals surface area contributed by atoms with Gasteiger partial charge in [-0.1, -0.05) is 12.1 Å². The van der Waals surface area contributed by atoms with Gasteiger partial charge in [0.05, 0.1) is 11.4 Å². The lowest BCUT2D eigenvalue weighted by atomic mass is 10.2. The SMILES string of the molecule is Cl.c1cnc(-c2nc(CNCc3ccc(-n4cccn4)cc3)cs2)nc1. The van der Waals surface area contributed by atoms with E-state index in [-0.39, 0.29) is 12.4 Å². The van der Waals surface area contributed by atoms with E-state index in [0.29, 0.717) is 12.4 Å². The molecule has 26 heavy (non-hydrogen) atoms. The Balaban J connectivity index is 0.00000196. The molecule has 0 spiro atoms. The molecule has 4 rings (SSSR count). The van der Waals surface area contributed by atoms with Gasteiger partial charge in [-0.2, -0.15) is 5.10 Å². The van der Waals surface area contributed by atoms with Gasteiger partial charge in [-0.3, -0.25) is 0 Å². The maximum absolute atomic E-state index is 4.58. The molecule has 0 atom stereocenters. The van der Waals surface area contributed by atoms with E-state index < -0.39 is 0 Å². The molecular weight excluding hydrogens is 368 g/mol. The highest BCUT2D eigenvalue weighted by atomic mass is 35.5. The Morgan fingerprint density at radius 3 is 2.50 bits per heavy atom. The van der Waals surface area contributed by atoms with E-state index in [9.17, 15) is 0 Å². The summed E-state index contributed by atoms with van der Waals surface area (Å²) in [5.41, 5.74) is 3.28. The van der Waals surface area contributed by atoms with Crippen LogP contribution < -0.4 is 5.32 Å². The number of hydrogen-bond donors (Lipinski definition) is 1. The van der Waals surface area contributed by atoms with Crippen molar-refractivity contribution in [1.82, 2.24) is 30.0 Å². The standard InChI is InChI=1S/C18H16N6S.ClH/c1-7-20-17(21-8-1)18-23-15(13-25-18)12-19-11-14-3-5-16(6-4-14)24-10-2-9-22-24;/h1-10,13,19H,11-12H2;1H. The van der Waals surface area contributed by atoms with Gasteiger partial charge in [-0.25, -0.2) is 19.6 Å². The third-order valence-corrected chi connectivity index (χ3v) is 4.54. The van der Waals surface area contributed by atoms with Crippen molar-refractivity contribution >= 4 is 23.7 Å². The van der Waals surface area contributed by atoms with E-state index in [1.165, 1.54) is 5.56 Å². The number of thiazole rings is 1. The molecule has 132 valence electrons. The van der Waals surface area contributed by atoms with Crippen LogP contribution in [0.5, 0.6) is 0 Å². The third kappa shape index (κ3) is 4.32. The molecule has 4 aromatic rings. The van der Waals surface area contributed by atoms with E-state index in [1.807, 2.05) is 22.3 Å². The van der Waals surface area contributed by atoms with E-state index in [2.05, 4.69) is 49.6 Å². The second-order valence-corrected chi connectivity index (χ2v) is 6.30. The lowest BCUT2D eigenvalue weighted by Crippen LogP contribution is -2.13. The maximum atomic E-state index is 4.58. The average Bonchev–Trinajstić information content (AvgIpc) is 3.35. The topological polar surface area (TPSA) is 68.5 Å². The van der Waals surface area contributed by atoms with Crippen LogP contribution in [0.25, 0.3) is 16.5 Å². The number of aromatic nitrogens is 5. The van der Waals surface area contributed by atoms with Crippen LogP contribution in [0.15, 0.2) is 66.6 Å². The zero-order valence-corrected chi connectivity index (χ0v) is 15.5. The summed E-state index contributed by atoms with van der Waals surface area (Å²) in [5, 5.41) is 10.5. The van der Waals surface area contributed by atoms with Crippen molar-refractivity contribution in [3.05, 3.63) is 77.8 Å². The molecule has 0 radical (unpaired) electrons. The van der Waals surface area contributed by atoms with Gasteiger partial charge in [0.1, 0.15) is 0 Å². The predicted octanol–water partition coefficient (Wildman–Crippen LogP) is 3.50. The Hall–Kier alpha value is -2.61. The summed E-state index contributed by atoms with van der Waals surface area (Å²) in [6.45, 7) is 1.50. The molecule has 0 fully saturated rings. The lowest BCUT2D eigenvalue weighted by Gasteiger charge is -2.05. The van der Waals surface area contributed by atoms with E-state index in [1.54, 1.807) is 36.0 Å². The molecule has 3 aromatic heterocycles. The van der Waals surface area contributed by atoms with Crippen molar-refractivity contribution in [2.75, 3.05) is 0 Å². The molecule has 0 amide bonds. The first kappa shape index (κ1) is 18.2. The number of halogens is 1. The molecule has 1 aromatic carbocycles. The van der Waals surface area contributed by atoms with Crippen LogP contribution in [0.3, 0.4) is 0 Å². The summed E-state index contributed by atoms with van der Waals surface area (Å²) in [4.78, 5) is 13.0. The zero-order valence-electron chi connectivity index (χ0n) is 13.8. The van der Waals surface area contributed by atoms with Gasteiger partial charge in [-0.15, -0.1) is 23.7 Å². The fraction of sp³-hybridized carbons (Fsp3) is 0.111. The average molecular weight is 385 g/mol. The Labute approximate surface area is 161 Å². The summed E-state index contributed by atoms with van der Waals surface area (Å²) >= 11 is 1.56. The normalized spacial score (nSPS) is 10.5. The summed E-state index contributed by atoms with van der Waals surface area (Å²) in [5.74, 6) is 0.674. The van der Waals surface area contributed by atoms with Crippen LogP contribution in [0.2, 0.25) is 0 Å². The fourth-order valence-corrected chi connectivity index (χ4v) is 3.19. The van der Waals surface area contributed by atoms with Crippen LogP contribution in [0, 0.1) is 0 Å². The van der Waals surface area contributed by atoms with E-state index in [4.69, 9.17) is 0 Å². The monoisotopic (exact) mass is 384 g/mol. The second-order valence-electron chi connectivity index (χ2n) is 5.44. The maximum Gasteiger partial charge on any atom is 0.188 e. The minimum Gasteiger partial charge on any atom is -0.307 e. The Bertz CT molecular complexity index is 922. The predicted molar refractivity (Wildman–Crippen MR) is 104 cm³/mol. The highest BCUT2D eigenvalue weighted by molar-refractivity contribution is 7.13. The van der Waals surface area contributed by atoms with Gasteiger partial charge in [-0.05, 0) is 29.8 Å². The summed E-state index contributed by atoms with van der Waals surface area (Å²) in [7, 11) is 0. The van der Waals surface area contributed by atoms with Crippen LogP contribution in [-0.4, -0.2) is 24.7 Å². The summed E-state index contributed by atoms with van der Waals surface area (Å²) in [6.07, 6.45) is 7.17. The summed E-state index contributed by atoms with van der Waals surface area (Å²) in [6, 6.07) is 12.1. The third-order valence-electron chi connectivity index (χ3n) is 3.65. The quantitative estimate of drug-likeness (QED) is 0.551. The number of benzene rings is 1. The molecular formula is C18H17ClN6S. The molecule has 3 heterocycles. The molecule has 0 saturated carbocycles. The lowest BCUT2D eigenvalue weighted by molar-refractivity contribution is 0.682. The minimum absolute atomic E-state index is 0. The van der Waals surface area contributed by atoms with Gasteiger partial charge in [0.25, 0.3) is 0 Å². The van der Waals surface area contributed by atoms with Crippen molar-refractivity contribution < 1.29 is 0 Å². The van der Waals surface area contributed by atoms with Crippen molar-refractivity contribution in [3.8, 4) is 16.5 Å². The van der Waals surface area contributed by atoms with Gasteiger partial charge >= 0.3 is 0 Å². The molecule has 0 aliphatic carbocycles. The number of rotatable bonds is 6. The van der Waals surface area contributed by atoms with Crippen LogP contribution in [0.1, 0.15) is 11.3 Å². The van der Waals surface area contributed by atoms with Gasteiger partial charge in [0, 0.05) is 43.3 Å². The van der Waals surface area contributed by atoms with E-state index >= 15 is 0 Å². The second kappa shape index (κ2) is 8.66. The van der Waals surface area contributed by atoms with Gasteiger partial charge < -0.3 is 5.32 Å². The van der Waals surface area contributed by atoms with Crippen molar-refractivity contribution in [2.24, 2.45) is 0 Å². The van der Waals surface area contributed by atoms with Crippen molar-refractivity contribution in [1.29, 1.82) is 0 Å². The Morgan fingerprint density at radius 2 is 1.77 bits per heavy atom. The molecule has 0 bridgehead atoms. The molecule has 8 heteroatoms. The molecule has 6 nitrogen and oxygen atoms in total. The number of nitrogens with one attached hydrogen (secondary N) is 1. The van der Waals surface area contributed by atoms with Crippen LogP contribution in [0.4, 0.5) is 0 Å². The van der Waals surface area contributed by atoms with Crippen LogP contribution >= 0.6 is 23.7 Å². The molecule has 0 unspecified atom stereocenters. The highest BCUT2D eigenvalue weighted by Gasteiger charge is 2.06. The first-order valence-corrected chi connectivity index (χ1v) is 8.78. The molecule has 0 aliphatic rings. The Kier molecular flexibility index (Phi) is 6.06. The molecule has 0 aliphatic heterocycles. The summed E-state index contributed by atoms with van der Waals surface area (Å²) < 4.78 is 1.85. The van der Waals surface area contributed by atoms with E-state index in [0.717, 1.165) is 22.9 Å². The van der Waals surface area contributed by atoms with Crippen molar-refractivity contribution in [2.45, 2.75) is 13.1 Å². The van der Waals surface area contributed by atoms with Crippen molar-refractivity contribution in [3.63, 3.8) is 0 Å². The largest absolute Gasteiger partial charge is 0.307 e. The molecule has 0 saturated heterocycles. The smallest absolute Gasteiger partial charge is 0.188 e. The highest BCUT2D eigenvalue weighted by Crippen LogP contribution is 2.19. The minimum atomic E-state index is 0. The van der Waals surface area contributed by atoms with Gasteiger partial charge in [0.15, 0.2) is 10.8 Å². The zero-order chi connectivity index (χ0) is 16.9. The Morgan fingerprint density at radius 1 is 0.962 bits per heavy atom. The molecule has 1 N–H and O–H groups in total. The number of hydrogen-bond acceptors (Lipinski definition) is 6. The fourth-order valence-electron chi connectivity index (χ4n) is 2.42. The first-order chi connectivity index (χ1) is 12.4. The number of nitrogens with zero attached hydrogens (tertiary/aromatic N) is 5. The van der Waals surface area contributed by atoms with Gasteiger partial charge in [0.2, 0.25) is 0 Å². The van der Waals surface area contributed by atoms with Crippen LogP contribution in [-0.2, 0) is 13.1 Å². The first-order valence-electron chi connectivity index (χ1n) is 7.90.